The van der Waals surface area contributed by atoms with Gasteiger partial charge in [0.25, 0.3) is 5.91 Å². The summed E-state index contributed by atoms with van der Waals surface area (Å²) < 4.78 is 0. The minimum atomic E-state index is 0.0376. The SMILES string of the molecule is Cc1cc(Cl)cc(C(=O)N2CCC(C)C2CCl)c1. The van der Waals surface area contributed by atoms with Gasteiger partial charge in [0.05, 0.1) is 0 Å². The lowest BCUT2D eigenvalue weighted by Gasteiger charge is -2.25. The summed E-state index contributed by atoms with van der Waals surface area (Å²) in [6, 6.07) is 5.59. The molecule has 18 heavy (non-hydrogen) atoms. The molecule has 2 nitrogen and oxygen atoms in total. The number of aryl methyl sites for hydroxylation is 1. The lowest BCUT2D eigenvalue weighted by Crippen LogP contribution is -2.38. The first-order valence-corrected chi connectivity index (χ1v) is 7.08. The molecular formula is C14H17Cl2NO. The van der Waals surface area contributed by atoms with Gasteiger partial charge in [0.2, 0.25) is 0 Å². The number of rotatable bonds is 2. The highest BCUT2D eigenvalue weighted by atomic mass is 35.5. The fraction of sp³-hybridized carbons (Fsp3) is 0.500. The van der Waals surface area contributed by atoms with Crippen LogP contribution in [0.4, 0.5) is 0 Å². The van der Waals surface area contributed by atoms with Gasteiger partial charge < -0.3 is 4.90 Å². The van der Waals surface area contributed by atoms with E-state index in [0.717, 1.165) is 18.5 Å². The van der Waals surface area contributed by atoms with Crippen molar-refractivity contribution >= 4 is 29.1 Å². The number of amides is 1. The normalized spacial score (nSPS) is 23.4. The summed E-state index contributed by atoms with van der Waals surface area (Å²) in [5, 5.41) is 0.605. The minimum absolute atomic E-state index is 0.0376. The second-order valence-corrected chi connectivity index (χ2v) is 5.75. The van der Waals surface area contributed by atoms with Gasteiger partial charge >= 0.3 is 0 Å². The van der Waals surface area contributed by atoms with Gasteiger partial charge in [0, 0.05) is 29.1 Å². The smallest absolute Gasteiger partial charge is 0.254 e. The lowest BCUT2D eigenvalue weighted by molar-refractivity contribution is 0.0737. The Hall–Kier alpha value is -0.730. The average molecular weight is 286 g/mol. The monoisotopic (exact) mass is 285 g/mol. The number of likely N-dealkylation sites (tertiary alicyclic amines) is 1. The van der Waals surface area contributed by atoms with E-state index in [1.807, 2.05) is 24.0 Å². The lowest BCUT2D eigenvalue weighted by atomic mass is 10.0. The van der Waals surface area contributed by atoms with Gasteiger partial charge in [-0.3, -0.25) is 4.79 Å². The highest BCUT2D eigenvalue weighted by Crippen LogP contribution is 2.27. The van der Waals surface area contributed by atoms with Crippen LogP contribution in [0, 0.1) is 12.8 Å². The standard InChI is InChI=1S/C14H17Cl2NO/c1-9-5-11(7-12(16)6-9)14(18)17-4-3-10(2)13(17)8-15/h5-7,10,13H,3-4,8H2,1-2H3. The van der Waals surface area contributed by atoms with Crippen molar-refractivity contribution in [1.29, 1.82) is 0 Å². The molecular weight excluding hydrogens is 269 g/mol. The van der Waals surface area contributed by atoms with Crippen molar-refractivity contribution in [3.63, 3.8) is 0 Å². The van der Waals surface area contributed by atoms with Gasteiger partial charge in [-0.2, -0.15) is 0 Å². The zero-order valence-electron chi connectivity index (χ0n) is 10.6. The van der Waals surface area contributed by atoms with Gasteiger partial charge in [-0.25, -0.2) is 0 Å². The van der Waals surface area contributed by atoms with Crippen molar-refractivity contribution < 1.29 is 4.79 Å². The number of hydrogen-bond donors (Lipinski definition) is 0. The largest absolute Gasteiger partial charge is 0.334 e. The number of halogens is 2. The van der Waals surface area contributed by atoms with E-state index in [1.165, 1.54) is 0 Å². The van der Waals surface area contributed by atoms with Crippen LogP contribution < -0.4 is 0 Å². The van der Waals surface area contributed by atoms with E-state index in [9.17, 15) is 4.79 Å². The van der Waals surface area contributed by atoms with Gasteiger partial charge in [-0.05, 0) is 43.0 Å². The second kappa shape index (κ2) is 5.50. The van der Waals surface area contributed by atoms with Crippen LogP contribution in [0.2, 0.25) is 5.02 Å². The van der Waals surface area contributed by atoms with Crippen molar-refractivity contribution in [3.8, 4) is 0 Å². The molecule has 1 heterocycles. The Balaban J connectivity index is 2.25. The maximum absolute atomic E-state index is 12.5. The zero-order valence-corrected chi connectivity index (χ0v) is 12.1. The van der Waals surface area contributed by atoms with Crippen molar-refractivity contribution in [2.45, 2.75) is 26.3 Å². The van der Waals surface area contributed by atoms with Gasteiger partial charge in [-0.15, -0.1) is 11.6 Å². The van der Waals surface area contributed by atoms with Crippen molar-refractivity contribution in [3.05, 3.63) is 34.3 Å². The minimum Gasteiger partial charge on any atom is -0.334 e. The van der Waals surface area contributed by atoms with Crippen molar-refractivity contribution in [1.82, 2.24) is 4.90 Å². The third-order valence-corrected chi connectivity index (χ3v) is 4.12. The maximum atomic E-state index is 12.5. The first kappa shape index (κ1) is 13.7. The molecule has 1 amide bonds. The molecule has 0 radical (unpaired) electrons. The molecule has 1 saturated heterocycles. The fourth-order valence-corrected chi connectivity index (χ4v) is 3.28. The van der Waals surface area contributed by atoms with Gasteiger partial charge in [0.1, 0.15) is 0 Å². The molecule has 0 bridgehead atoms. The van der Waals surface area contributed by atoms with Gasteiger partial charge in [-0.1, -0.05) is 18.5 Å². The molecule has 0 aliphatic carbocycles. The average Bonchev–Trinajstić information content (AvgIpc) is 2.68. The fourth-order valence-electron chi connectivity index (χ4n) is 2.52. The zero-order chi connectivity index (χ0) is 13.3. The Bertz CT molecular complexity index is 441. The summed E-state index contributed by atoms with van der Waals surface area (Å²) in [5.74, 6) is 0.995. The first-order valence-electron chi connectivity index (χ1n) is 6.17. The van der Waals surface area contributed by atoms with Crippen LogP contribution in [0.3, 0.4) is 0 Å². The van der Waals surface area contributed by atoms with E-state index in [2.05, 4.69) is 6.92 Å². The van der Waals surface area contributed by atoms with Crippen molar-refractivity contribution in [2.75, 3.05) is 12.4 Å². The molecule has 0 saturated carbocycles. The van der Waals surface area contributed by atoms with E-state index in [0.29, 0.717) is 22.4 Å². The molecule has 0 N–H and O–H groups in total. The highest BCUT2D eigenvalue weighted by molar-refractivity contribution is 6.31. The summed E-state index contributed by atoms with van der Waals surface area (Å²) in [5.41, 5.74) is 1.66. The van der Waals surface area contributed by atoms with E-state index < -0.39 is 0 Å². The molecule has 0 spiro atoms. The molecule has 1 aliphatic heterocycles. The first-order chi connectivity index (χ1) is 8.52. The van der Waals surface area contributed by atoms with Crippen LogP contribution in [0.25, 0.3) is 0 Å². The quantitative estimate of drug-likeness (QED) is 0.758. The number of carbonyl (C=O) groups is 1. The van der Waals surface area contributed by atoms with Crippen molar-refractivity contribution in [2.24, 2.45) is 5.92 Å². The third-order valence-electron chi connectivity index (χ3n) is 3.59. The predicted molar refractivity (Wildman–Crippen MR) is 75.5 cm³/mol. The third kappa shape index (κ3) is 2.65. The number of nitrogens with zero attached hydrogens (tertiary/aromatic N) is 1. The summed E-state index contributed by atoms with van der Waals surface area (Å²) in [4.78, 5) is 14.4. The van der Waals surface area contributed by atoms with Crippen LogP contribution in [0.1, 0.15) is 29.3 Å². The Morgan fingerprint density at radius 1 is 1.44 bits per heavy atom. The van der Waals surface area contributed by atoms with Crippen LogP contribution in [-0.4, -0.2) is 29.3 Å². The molecule has 4 heteroatoms. The summed E-state index contributed by atoms with van der Waals surface area (Å²) in [6.07, 6.45) is 1.02. The van der Waals surface area contributed by atoms with Crippen LogP contribution in [0.15, 0.2) is 18.2 Å². The number of alkyl halides is 1. The molecule has 2 unspecified atom stereocenters. The molecule has 2 rings (SSSR count). The van der Waals surface area contributed by atoms with Crippen LogP contribution >= 0.6 is 23.2 Å². The Morgan fingerprint density at radius 2 is 2.17 bits per heavy atom. The predicted octanol–water partition coefficient (Wildman–Crippen LogP) is 3.74. The van der Waals surface area contributed by atoms with E-state index in [1.54, 1.807) is 6.07 Å². The number of benzene rings is 1. The molecule has 1 aromatic rings. The number of hydrogen-bond acceptors (Lipinski definition) is 1. The van der Waals surface area contributed by atoms with E-state index in [4.69, 9.17) is 23.2 Å². The van der Waals surface area contributed by atoms with Crippen LogP contribution in [0.5, 0.6) is 0 Å². The molecule has 98 valence electrons. The molecule has 1 aromatic carbocycles. The number of carbonyl (C=O) groups excluding carboxylic acids is 1. The van der Waals surface area contributed by atoms with Gasteiger partial charge in [0.15, 0.2) is 0 Å². The topological polar surface area (TPSA) is 20.3 Å². The second-order valence-electron chi connectivity index (χ2n) is 5.00. The van der Waals surface area contributed by atoms with E-state index >= 15 is 0 Å². The maximum Gasteiger partial charge on any atom is 0.254 e. The molecule has 0 aromatic heterocycles. The molecule has 1 aliphatic rings. The highest BCUT2D eigenvalue weighted by Gasteiger charge is 2.34. The summed E-state index contributed by atoms with van der Waals surface area (Å²) in [7, 11) is 0. The Labute approximate surface area is 118 Å². The van der Waals surface area contributed by atoms with Crippen LogP contribution in [-0.2, 0) is 0 Å². The summed E-state index contributed by atoms with van der Waals surface area (Å²) >= 11 is 12.0. The molecule has 2 atom stereocenters. The Morgan fingerprint density at radius 3 is 2.78 bits per heavy atom. The van der Waals surface area contributed by atoms with E-state index in [-0.39, 0.29) is 11.9 Å². The molecule has 1 fully saturated rings. The summed E-state index contributed by atoms with van der Waals surface area (Å²) in [6.45, 7) is 4.86. The Kier molecular flexibility index (Phi) is 4.18.